The number of aromatic nitrogens is 1. The molecular weight excluding hydrogens is 269 g/mol. The molecule has 5 nitrogen and oxygen atoms in total. The fraction of sp³-hybridized carbons (Fsp3) is 0.533. The number of aliphatic hydroxyl groups is 1. The van der Waals surface area contributed by atoms with Crippen molar-refractivity contribution in [3.63, 3.8) is 0 Å². The number of hydrogen-bond donors (Lipinski definition) is 1. The van der Waals surface area contributed by atoms with E-state index in [1.807, 2.05) is 27.7 Å². The average molecular weight is 291 g/mol. The van der Waals surface area contributed by atoms with Crippen LogP contribution < -0.4 is 4.74 Å². The van der Waals surface area contributed by atoms with E-state index in [9.17, 15) is 5.11 Å². The molecule has 1 aliphatic rings. The normalized spacial score (nSPS) is 20.7. The van der Waals surface area contributed by atoms with Crippen molar-refractivity contribution in [2.75, 3.05) is 13.7 Å². The molecule has 0 atom stereocenters. The first-order valence-corrected chi connectivity index (χ1v) is 6.95. The number of methoxy groups -OCH3 is 1. The maximum absolute atomic E-state index is 9.66. The van der Waals surface area contributed by atoms with Gasteiger partial charge >= 0.3 is 7.12 Å². The highest BCUT2D eigenvalue weighted by Gasteiger charge is 2.52. The number of rotatable bonds is 4. The van der Waals surface area contributed by atoms with E-state index >= 15 is 0 Å². The van der Waals surface area contributed by atoms with E-state index in [2.05, 4.69) is 4.98 Å². The standard InChI is InChI=1S/C15H22BNO4/c1-14(2)15(3,4)21-16(20-14)12(10-18)8-11-9-17-7-6-13(11)19-5/h6-9,18H,10H2,1-5H3. The first-order chi connectivity index (χ1) is 9.80. The zero-order valence-electron chi connectivity index (χ0n) is 13.2. The van der Waals surface area contributed by atoms with E-state index < -0.39 is 18.3 Å². The van der Waals surface area contributed by atoms with Gasteiger partial charge in [-0.15, -0.1) is 0 Å². The molecule has 21 heavy (non-hydrogen) atoms. The van der Waals surface area contributed by atoms with Crippen LogP contribution in [-0.4, -0.2) is 42.1 Å². The SMILES string of the molecule is COc1ccncc1C=C(CO)B1OC(C)(C)C(C)(C)O1. The van der Waals surface area contributed by atoms with E-state index in [0.717, 1.165) is 5.56 Å². The smallest absolute Gasteiger partial charge is 0.492 e. The molecule has 1 fully saturated rings. The van der Waals surface area contributed by atoms with Gasteiger partial charge in [-0.2, -0.15) is 0 Å². The van der Waals surface area contributed by atoms with Crippen molar-refractivity contribution in [3.05, 3.63) is 29.5 Å². The Kier molecular flexibility index (Phi) is 4.42. The van der Waals surface area contributed by atoms with Crippen molar-refractivity contribution < 1.29 is 19.2 Å². The second kappa shape index (κ2) is 5.79. The summed E-state index contributed by atoms with van der Waals surface area (Å²) in [5.41, 5.74) is 0.536. The Balaban J connectivity index is 2.31. The fourth-order valence-corrected chi connectivity index (χ4v) is 2.07. The van der Waals surface area contributed by atoms with Crippen LogP contribution in [0.1, 0.15) is 33.3 Å². The van der Waals surface area contributed by atoms with Crippen molar-refractivity contribution >= 4 is 13.2 Å². The Morgan fingerprint density at radius 2 is 1.95 bits per heavy atom. The summed E-state index contributed by atoms with van der Waals surface area (Å²) in [4.78, 5) is 4.08. The first-order valence-electron chi connectivity index (χ1n) is 6.95. The van der Waals surface area contributed by atoms with Gasteiger partial charge in [-0.05, 0) is 39.2 Å². The number of nitrogens with zero attached hydrogens (tertiary/aromatic N) is 1. The van der Waals surface area contributed by atoms with Gasteiger partial charge in [-0.1, -0.05) is 6.08 Å². The minimum Gasteiger partial charge on any atom is -0.496 e. The summed E-state index contributed by atoms with van der Waals surface area (Å²) in [6.45, 7) is 7.76. The Morgan fingerprint density at radius 1 is 1.33 bits per heavy atom. The van der Waals surface area contributed by atoms with E-state index in [1.165, 1.54) is 0 Å². The van der Waals surface area contributed by atoms with Crippen molar-refractivity contribution in [3.8, 4) is 5.75 Å². The van der Waals surface area contributed by atoms with Crippen molar-refractivity contribution in [1.29, 1.82) is 0 Å². The Bertz CT molecular complexity index is 526. The molecule has 1 aliphatic heterocycles. The molecule has 0 radical (unpaired) electrons. The number of pyridine rings is 1. The summed E-state index contributed by atoms with van der Waals surface area (Å²) >= 11 is 0. The van der Waals surface area contributed by atoms with Crippen LogP contribution in [0.3, 0.4) is 0 Å². The zero-order valence-corrected chi connectivity index (χ0v) is 13.2. The van der Waals surface area contributed by atoms with Gasteiger partial charge in [0.15, 0.2) is 0 Å². The van der Waals surface area contributed by atoms with Crippen LogP contribution in [0.2, 0.25) is 0 Å². The van der Waals surface area contributed by atoms with Crippen LogP contribution in [-0.2, 0) is 9.31 Å². The van der Waals surface area contributed by atoms with E-state index in [4.69, 9.17) is 14.0 Å². The van der Waals surface area contributed by atoms with E-state index in [1.54, 1.807) is 31.6 Å². The molecule has 0 spiro atoms. The lowest BCUT2D eigenvalue weighted by molar-refractivity contribution is 0.00578. The lowest BCUT2D eigenvalue weighted by atomic mass is 9.77. The fourth-order valence-electron chi connectivity index (χ4n) is 2.07. The highest BCUT2D eigenvalue weighted by molar-refractivity contribution is 6.55. The molecule has 0 aliphatic carbocycles. The van der Waals surface area contributed by atoms with Crippen LogP contribution >= 0.6 is 0 Å². The van der Waals surface area contributed by atoms with Gasteiger partial charge in [0.1, 0.15) is 5.75 Å². The van der Waals surface area contributed by atoms with Crippen LogP contribution in [0.5, 0.6) is 5.75 Å². The predicted molar refractivity (Wildman–Crippen MR) is 81.9 cm³/mol. The molecule has 0 bridgehead atoms. The molecule has 114 valence electrons. The molecule has 2 heterocycles. The highest BCUT2D eigenvalue weighted by atomic mass is 16.7. The van der Waals surface area contributed by atoms with Crippen LogP contribution in [0.25, 0.3) is 6.08 Å². The maximum Gasteiger partial charge on any atom is 0.492 e. The maximum atomic E-state index is 9.66. The van der Waals surface area contributed by atoms with Gasteiger partial charge in [0.05, 0.1) is 24.9 Å². The third-order valence-corrected chi connectivity index (χ3v) is 4.11. The van der Waals surface area contributed by atoms with Gasteiger partial charge in [-0.25, -0.2) is 0 Å². The third kappa shape index (κ3) is 3.12. The Morgan fingerprint density at radius 3 is 2.48 bits per heavy atom. The zero-order chi connectivity index (χ0) is 15.7. The Hall–Kier alpha value is -1.37. The summed E-state index contributed by atoms with van der Waals surface area (Å²) in [6, 6.07) is 1.77. The topological polar surface area (TPSA) is 60.8 Å². The summed E-state index contributed by atoms with van der Waals surface area (Å²) in [5.74, 6) is 0.687. The van der Waals surface area contributed by atoms with Crippen LogP contribution in [0.15, 0.2) is 23.9 Å². The summed E-state index contributed by atoms with van der Waals surface area (Å²) in [7, 11) is 1.02. The summed E-state index contributed by atoms with van der Waals surface area (Å²) < 4.78 is 17.2. The average Bonchev–Trinajstić information content (AvgIpc) is 2.65. The van der Waals surface area contributed by atoms with Crippen molar-refractivity contribution in [2.24, 2.45) is 0 Å². The lowest BCUT2D eigenvalue weighted by Crippen LogP contribution is -2.41. The molecule has 6 heteroatoms. The minimum absolute atomic E-state index is 0.158. The number of aliphatic hydroxyl groups excluding tert-OH is 1. The van der Waals surface area contributed by atoms with Crippen molar-refractivity contribution in [2.45, 2.75) is 38.9 Å². The second-order valence-electron chi connectivity index (χ2n) is 6.08. The molecule has 1 aromatic rings. The van der Waals surface area contributed by atoms with Gasteiger partial charge in [0.25, 0.3) is 0 Å². The number of ether oxygens (including phenoxy) is 1. The van der Waals surface area contributed by atoms with Gasteiger partial charge in [-0.3, -0.25) is 4.98 Å². The van der Waals surface area contributed by atoms with E-state index in [-0.39, 0.29) is 6.61 Å². The largest absolute Gasteiger partial charge is 0.496 e. The summed E-state index contributed by atoms with van der Waals surface area (Å²) in [5, 5.41) is 9.66. The monoisotopic (exact) mass is 291 g/mol. The van der Waals surface area contributed by atoms with Crippen LogP contribution in [0.4, 0.5) is 0 Å². The molecule has 0 amide bonds. The molecule has 1 saturated heterocycles. The quantitative estimate of drug-likeness (QED) is 0.861. The molecule has 1 aromatic heterocycles. The molecule has 0 unspecified atom stereocenters. The van der Waals surface area contributed by atoms with Crippen LogP contribution in [0, 0.1) is 0 Å². The first kappa shape index (κ1) is 16.0. The minimum atomic E-state index is -0.579. The molecule has 0 aromatic carbocycles. The van der Waals surface area contributed by atoms with Gasteiger partial charge in [0.2, 0.25) is 0 Å². The highest BCUT2D eigenvalue weighted by Crippen LogP contribution is 2.39. The second-order valence-corrected chi connectivity index (χ2v) is 6.08. The summed E-state index contributed by atoms with van der Waals surface area (Å²) in [6.07, 6.45) is 5.14. The van der Waals surface area contributed by atoms with Crippen molar-refractivity contribution in [1.82, 2.24) is 4.98 Å². The lowest BCUT2D eigenvalue weighted by Gasteiger charge is -2.32. The molecule has 0 saturated carbocycles. The number of hydrogen-bond acceptors (Lipinski definition) is 5. The molecular formula is C15H22BNO4. The molecule has 1 N–H and O–H groups in total. The van der Waals surface area contributed by atoms with E-state index in [0.29, 0.717) is 11.2 Å². The third-order valence-electron chi connectivity index (χ3n) is 4.11. The molecule has 2 rings (SSSR count). The van der Waals surface area contributed by atoms with Gasteiger partial charge < -0.3 is 19.2 Å². The predicted octanol–water partition coefficient (Wildman–Crippen LogP) is 2.10. The Labute approximate surface area is 126 Å². The van der Waals surface area contributed by atoms with Gasteiger partial charge in [0, 0.05) is 18.0 Å².